The van der Waals surface area contributed by atoms with E-state index in [0.717, 1.165) is 31.5 Å². The first kappa shape index (κ1) is 19.0. The van der Waals surface area contributed by atoms with Crippen LogP contribution >= 0.6 is 12.4 Å². The summed E-state index contributed by atoms with van der Waals surface area (Å²) in [4.78, 5) is 19.1. The molecule has 1 aromatic carbocycles. The molecule has 1 spiro atoms. The smallest absolute Gasteiger partial charge is 0.242 e. The van der Waals surface area contributed by atoms with Crippen LogP contribution in [0, 0.1) is 0 Å². The van der Waals surface area contributed by atoms with Crippen LogP contribution in [0.5, 0.6) is 0 Å². The van der Waals surface area contributed by atoms with Gasteiger partial charge in [0.05, 0.1) is 11.7 Å². The maximum Gasteiger partial charge on any atom is 0.242 e. The molecule has 0 bridgehead atoms. The lowest BCUT2D eigenvalue weighted by molar-refractivity contribution is -0.131. The van der Waals surface area contributed by atoms with E-state index >= 15 is 0 Å². The molecule has 2 aromatic heterocycles. The fraction of sp³-hybridized carbons (Fsp3) is 0.364. The molecule has 2 aliphatic heterocycles. The zero-order valence-electron chi connectivity index (χ0n) is 16.2. The fourth-order valence-corrected chi connectivity index (χ4v) is 4.77. The summed E-state index contributed by atoms with van der Waals surface area (Å²) in [6, 6.07) is 12.9. The number of hydrogen-bond acceptors (Lipinski definition) is 3. The van der Waals surface area contributed by atoms with Crippen molar-refractivity contribution < 1.29 is 4.79 Å². The highest BCUT2D eigenvalue weighted by atomic mass is 35.5. The van der Waals surface area contributed by atoms with Gasteiger partial charge in [0.15, 0.2) is 0 Å². The van der Waals surface area contributed by atoms with Gasteiger partial charge in [-0.25, -0.2) is 0 Å². The molecule has 2 aliphatic rings. The SMILES string of the molecule is CN1CC[C@@]2(CC[C@H](c3cc(-c4cn(C)c5ccccc45)ccn3)N2)C1=O.Cl. The van der Waals surface area contributed by atoms with Gasteiger partial charge in [-0.3, -0.25) is 15.1 Å². The van der Waals surface area contributed by atoms with Crippen LogP contribution in [0.25, 0.3) is 22.0 Å². The maximum atomic E-state index is 12.6. The Bertz CT molecular complexity index is 1050. The first-order valence-electron chi connectivity index (χ1n) is 9.61. The van der Waals surface area contributed by atoms with E-state index in [0.29, 0.717) is 0 Å². The van der Waals surface area contributed by atoms with Gasteiger partial charge in [-0.1, -0.05) is 18.2 Å². The molecule has 2 saturated heterocycles. The molecular formula is C22H25ClN4O. The van der Waals surface area contributed by atoms with Gasteiger partial charge in [0.1, 0.15) is 5.54 Å². The number of likely N-dealkylation sites (N-methyl/N-ethyl adjacent to an activating group) is 1. The second-order valence-corrected chi connectivity index (χ2v) is 7.93. The van der Waals surface area contributed by atoms with Crippen molar-refractivity contribution in [2.45, 2.75) is 30.8 Å². The van der Waals surface area contributed by atoms with Gasteiger partial charge >= 0.3 is 0 Å². The Kier molecular flexibility index (Phi) is 4.68. The van der Waals surface area contributed by atoms with E-state index in [4.69, 9.17) is 0 Å². The van der Waals surface area contributed by atoms with E-state index in [1.807, 2.05) is 18.1 Å². The third kappa shape index (κ3) is 2.81. The minimum absolute atomic E-state index is 0. The average Bonchev–Trinajstić information content (AvgIpc) is 3.36. The predicted octanol–water partition coefficient (Wildman–Crippen LogP) is 3.69. The number of para-hydroxylation sites is 1. The third-order valence-corrected chi connectivity index (χ3v) is 6.29. The van der Waals surface area contributed by atoms with E-state index < -0.39 is 0 Å². The van der Waals surface area contributed by atoms with Crippen molar-refractivity contribution in [2.24, 2.45) is 7.05 Å². The number of fused-ring (bicyclic) bond motifs is 1. The molecule has 4 heterocycles. The third-order valence-electron chi connectivity index (χ3n) is 6.29. The van der Waals surface area contributed by atoms with Crippen molar-refractivity contribution in [3.05, 3.63) is 54.5 Å². The molecule has 0 aliphatic carbocycles. The molecule has 5 rings (SSSR count). The Labute approximate surface area is 171 Å². The van der Waals surface area contributed by atoms with Gasteiger partial charge in [0.2, 0.25) is 5.91 Å². The second kappa shape index (κ2) is 6.90. The molecule has 3 aromatic rings. The van der Waals surface area contributed by atoms with E-state index in [-0.39, 0.29) is 29.9 Å². The number of carbonyl (C=O) groups excluding carboxylic acids is 1. The Hall–Kier alpha value is -2.37. The summed E-state index contributed by atoms with van der Waals surface area (Å²) in [6.45, 7) is 0.835. The normalized spacial score (nSPS) is 24.3. The van der Waals surface area contributed by atoms with Crippen molar-refractivity contribution in [2.75, 3.05) is 13.6 Å². The molecule has 0 unspecified atom stereocenters. The molecule has 2 atom stereocenters. The van der Waals surface area contributed by atoms with Crippen molar-refractivity contribution in [1.82, 2.24) is 19.8 Å². The Balaban J connectivity index is 0.00000192. The summed E-state index contributed by atoms with van der Waals surface area (Å²) in [5, 5.41) is 4.88. The van der Waals surface area contributed by atoms with Crippen molar-refractivity contribution >= 4 is 29.2 Å². The Morgan fingerprint density at radius 2 is 2.00 bits per heavy atom. The molecule has 0 radical (unpaired) electrons. The Morgan fingerprint density at radius 1 is 1.18 bits per heavy atom. The second-order valence-electron chi connectivity index (χ2n) is 7.93. The number of pyridine rings is 1. The standard InChI is InChI=1S/C22H24N4O.ClH/c1-25-12-10-22(21(25)27)9-7-18(24-22)19-13-15(8-11-23-19)17-14-26(2)20-6-4-3-5-16(17)20;/h3-6,8,11,13-14,18,24H,7,9-10,12H2,1-2H3;1H/t18-,22+;/m1./s1. The highest BCUT2D eigenvalue weighted by molar-refractivity contribution is 5.96. The first-order valence-corrected chi connectivity index (χ1v) is 9.61. The van der Waals surface area contributed by atoms with Crippen molar-refractivity contribution in [3.8, 4) is 11.1 Å². The quantitative estimate of drug-likeness (QED) is 0.718. The summed E-state index contributed by atoms with van der Waals surface area (Å²) >= 11 is 0. The number of amides is 1. The number of rotatable bonds is 2. The number of aromatic nitrogens is 2. The van der Waals surface area contributed by atoms with Gasteiger partial charge in [0, 0.05) is 49.5 Å². The predicted molar refractivity (Wildman–Crippen MR) is 113 cm³/mol. The lowest BCUT2D eigenvalue weighted by Gasteiger charge is -2.23. The van der Waals surface area contributed by atoms with Crippen LogP contribution in [-0.4, -0.2) is 39.5 Å². The molecule has 0 saturated carbocycles. The van der Waals surface area contributed by atoms with Crippen LogP contribution in [0.3, 0.4) is 0 Å². The van der Waals surface area contributed by atoms with Crippen LogP contribution in [0.1, 0.15) is 31.0 Å². The van der Waals surface area contributed by atoms with Gasteiger partial charge in [-0.05, 0) is 43.0 Å². The molecule has 6 heteroatoms. The van der Waals surface area contributed by atoms with Crippen LogP contribution in [0.4, 0.5) is 0 Å². The molecule has 1 amide bonds. The lowest BCUT2D eigenvalue weighted by atomic mass is 9.96. The molecule has 1 N–H and O–H groups in total. The largest absolute Gasteiger partial charge is 0.350 e. The number of hydrogen-bond donors (Lipinski definition) is 1. The van der Waals surface area contributed by atoms with Gasteiger partial charge < -0.3 is 9.47 Å². The fourth-order valence-electron chi connectivity index (χ4n) is 4.77. The number of benzene rings is 1. The van der Waals surface area contributed by atoms with E-state index in [9.17, 15) is 4.79 Å². The molecule has 146 valence electrons. The van der Waals surface area contributed by atoms with Gasteiger partial charge in [-0.2, -0.15) is 0 Å². The summed E-state index contributed by atoms with van der Waals surface area (Å²) in [5.74, 6) is 0.232. The molecule has 28 heavy (non-hydrogen) atoms. The minimum atomic E-state index is -0.378. The number of nitrogens with zero attached hydrogens (tertiary/aromatic N) is 3. The van der Waals surface area contributed by atoms with Crippen LogP contribution in [0.2, 0.25) is 0 Å². The number of halogens is 1. The van der Waals surface area contributed by atoms with Crippen molar-refractivity contribution in [1.29, 1.82) is 0 Å². The van der Waals surface area contributed by atoms with Crippen molar-refractivity contribution in [3.63, 3.8) is 0 Å². The Morgan fingerprint density at radius 3 is 2.79 bits per heavy atom. The topological polar surface area (TPSA) is 50.2 Å². The summed E-state index contributed by atoms with van der Waals surface area (Å²) in [6.07, 6.45) is 6.80. The van der Waals surface area contributed by atoms with Gasteiger partial charge in [-0.15, -0.1) is 12.4 Å². The summed E-state index contributed by atoms with van der Waals surface area (Å²) in [5.41, 5.74) is 4.27. The number of nitrogens with one attached hydrogen (secondary N) is 1. The van der Waals surface area contributed by atoms with E-state index in [1.165, 1.54) is 22.0 Å². The van der Waals surface area contributed by atoms with Crippen LogP contribution in [0.15, 0.2) is 48.8 Å². The minimum Gasteiger partial charge on any atom is -0.350 e. The first-order chi connectivity index (χ1) is 13.1. The monoisotopic (exact) mass is 396 g/mol. The van der Waals surface area contributed by atoms with E-state index in [2.05, 4.69) is 64.5 Å². The van der Waals surface area contributed by atoms with Gasteiger partial charge in [0.25, 0.3) is 0 Å². The highest BCUT2D eigenvalue weighted by Crippen LogP contribution is 2.39. The van der Waals surface area contributed by atoms with E-state index in [1.54, 1.807) is 0 Å². The highest BCUT2D eigenvalue weighted by Gasteiger charge is 2.50. The summed E-state index contributed by atoms with van der Waals surface area (Å²) in [7, 11) is 3.98. The lowest BCUT2D eigenvalue weighted by Crippen LogP contribution is -2.47. The zero-order valence-corrected chi connectivity index (χ0v) is 17.0. The number of likely N-dealkylation sites (tertiary alicyclic amines) is 1. The van der Waals surface area contributed by atoms with Crippen LogP contribution in [-0.2, 0) is 11.8 Å². The summed E-state index contributed by atoms with van der Waals surface area (Å²) < 4.78 is 2.17. The number of carbonyl (C=O) groups is 1. The number of aryl methyl sites for hydroxylation is 1. The molecular weight excluding hydrogens is 372 g/mol. The van der Waals surface area contributed by atoms with Crippen LogP contribution < -0.4 is 5.32 Å². The maximum absolute atomic E-state index is 12.6. The molecule has 5 nitrogen and oxygen atoms in total. The average molecular weight is 397 g/mol. The molecule has 2 fully saturated rings. The zero-order chi connectivity index (χ0) is 18.6.